The summed E-state index contributed by atoms with van der Waals surface area (Å²) >= 11 is 0. The van der Waals surface area contributed by atoms with Gasteiger partial charge in [-0.3, -0.25) is 0 Å². The highest BCUT2D eigenvalue weighted by Crippen LogP contribution is 2.20. The van der Waals surface area contributed by atoms with Crippen molar-refractivity contribution in [3.63, 3.8) is 0 Å². The predicted octanol–water partition coefficient (Wildman–Crippen LogP) is 0.825. The van der Waals surface area contributed by atoms with Crippen LogP contribution in [0.15, 0.2) is 18.6 Å². The summed E-state index contributed by atoms with van der Waals surface area (Å²) in [5.74, 6) is 0.551. The van der Waals surface area contributed by atoms with E-state index in [2.05, 4.69) is 19.9 Å². The Bertz CT molecular complexity index is 523. The maximum absolute atomic E-state index is 5.32. The van der Waals surface area contributed by atoms with Gasteiger partial charge in [0.2, 0.25) is 5.88 Å². The fourth-order valence-electron chi connectivity index (χ4n) is 1.31. The Hall–Kier alpha value is -2.04. The molecule has 68 valence electrons. The molecule has 0 N–H and O–H groups in total. The minimum Gasteiger partial charge on any atom is -0.472 e. The highest BCUT2D eigenvalue weighted by Gasteiger charge is 2.10. The third kappa shape index (κ3) is 1.02. The molecule has 0 saturated heterocycles. The summed E-state index contributed by atoms with van der Waals surface area (Å²) in [6, 6.07) is 0. The Kier molecular flexibility index (Phi) is 1.44. The molecule has 0 spiro atoms. The zero-order valence-electron chi connectivity index (χ0n) is 7.21. The van der Waals surface area contributed by atoms with Gasteiger partial charge in [0.15, 0.2) is 5.65 Å². The van der Waals surface area contributed by atoms with Crippen molar-refractivity contribution in [2.75, 3.05) is 6.61 Å². The monoisotopic (exact) mass is 186 g/mol. The van der Waals surface area contributed by atoms with Crippen molar-refractivity contribution in [1.82, 2.24) is 19.9 Å². The van der Waals surface area contributed by atoms with Crippen molar-refractivity contribution >= 4 is 17.2 Å². The van der Waals surface area contributed by atoms with E-state index in [1.54, 1.807) is 6.20 Å². The smallest absolute Gasteiger partial charge is 0.241 e. The SMILES string of the molecule is C1=Cc2nc3ncncc3nc2OC1. The molecule has 0 bridgehead atoms. The number of ether oxygens (including phenoxy) is 1. The fraction of sp³-hybridized carbons (Fsp3) is 0.111. The van der Waals surface area contributed by atoms with Crippen LogP contribution in [-0.2, 0) is 0 Å². The largest absolute Gasteiger partial charge is 0.472 e. The van der Waals surface area contributed by atoms with E-state index in [4.69, 9.17) is 4.74 Å². The molecular formula is C9H6N4O. The highest BCUT2D eigenvalue weighted by molar-refractivity contribution is 5.71. The average molecular weight is 186 g/mol. The first-order valence-corrected chi connectivity index (χ1v) is 4.20. The molecule has 0 radical (unpaired) electrons. The van der Waals surface area contributed by atoms with Crippen LogP contribution < -0.4 is 4.74 Å². The lowest BCUT2D eigenvalue weighted by atomic mass is 10.3. The minimum atomic E-state index is 0.543. The van der Waals surface area contributed by atoms with Gasteiger partial charge in [-0.2, -0.15) is 0 Å². The Labute approximate surface area is 79.5 Å². The van der Waals surface area contributed by atoms with Crippen molar-refractivity contribution in [2.45, 2.75) is 0 Å². The quantitative estimate of drug-likeness (QED) is 0.609. The van der Waals surface area contributed by atoms with Crippen LogP contribution in [0.5, 0.6) is 5.88 Å². The van der Waals surface area contributed by atoms with Crippen molar-refractivity contribution in [3.05, 3.63) is 24.3 Å². The van der Waals surface area contributed by atoms with Gasteiger partial charge in [-0.25, -0.2) is 19.9 Å². The van der Waals surface area contributed by atoms with E-state index < -0.39 is 0 Å². The molecule has 1 aliphatic rings. The molecular weight excluding hydrogens is 180 g/mol. The van der Waals surface area contributed by atoms with Crippen LogP contribution in [0.3, 0.4) is 0 Å². The molecule has 2 aromatic rings. The van der Waals surface area contributed by atoms with Gasteiger partial charge >= 0.3 is 0 Å². The molecule has 0 saturated carbocycles. The zero-order chi connectivity index (χ0) is 9.38. The molecule has 14 heavy (non-hydrogen) atoms. The van der Waals surface area contributed by atoms with Crippen LogP contribution in [0.25, 0.3) is 17.2 Å². The van der Waals surface area contributed by atoms with Crippen molar-refractivity contribution in [1.29, 1.82) is 0 Å². The van der Waals surface area contributed by atoms with E-state index >= 15 is 0 Å². The van der Waals surface area contributed by atoms with E-state index in [9.17, 15) is 0 Å². The molecule has 1 aliphatic heterocycles. The van der Waals surface area contributed by atoms with Gasteiger partial charge in [0.05, 0.1) is 6.20 Å². The number of fused-ring (bicyclic) bond motifs is 2. The van der Waals surface area contributed by atoms with Gasteiger partial charge in [-0.05, 0) is 12.2 Å². The maximum Gasteiger partial charge on any atom is 0.241 e. The van der Waals surface area contributed by atoms with Crippen molar-refractivity contribution in [3.8, 4) is 5.88 Å². The Balaban J connectivity index is 2.34. The first-order valence-electron chi connectivity index (χ1n) is 4.20. The maximum atomic E-state index is 5.32. The van der Waals surface area contributed by atoms with E-state index in [1.165, 1.54) is 6.33 Å². The second-order valence-corrected chi connectivity index (χ2v) is 2.86. The molecule has 0 aliphatic carbocycles. The van der Waals surface area contributed by atoms with Crippen LogP contribution in [0.2, 0.25) is 0 Å². The van der Waals surface area contributed by atoms with E-state index in [-0.39, 0.29) is 0 Å². The summed E-state index contributed by atoms with van der Waals surface area (Å²) in [4.78, 5) is 16.4. The summed E-state index contributed by atoms with van der Waals surface area (Å²) in [6.45, 7) is 0.543. The van der Waals surface area contributed by atoms with Crippen LogP contribution in [-0.4, -0.2) is 26.5 Å². The van der Waals surface area contributed by atoms with E-state index in [1.807, 2.05) is 12.2 Å². The Morgan fingerprint density at radius 3 is 3.29 bits per heavy atom. The number of hydrogen-bond donors (Lipinski definition) is 0. The number of nitrogens with zero attached hydrogens (tertiary/aromatic N) is 4. The average Bonchev–Trinajstić information content (AvgIpc) is 2.26. The summed E-state index contributed by atoms with van der Waals surface area (Å²) in [5.41, 5.74) is 1.97. The molecule has 2 aromatic heterocycles. The number of rotatable bonds is 0. The normalized spacial score (nSPS) is 13.7. The summed E-state index contributed by atoms with van der Waals surface area (Å²) in [6.07, 6.45) is 6.85. The molecule has 3 heterocycles. The third-order valence-electron chi connectivity index (χ3n) is 1.93. The summed E-state index contributed by atoms with van der Waals surface area (Å²) < 4.78 is 5.32. The van der Waals surface area contributed by atoms with Crippen molar-refractivity contribution in [2.24, 2.45) is 0 Å². The predicted molar refractivity (Wildman–Crippen MR) is 49.7 cm³/mol. The van der Waals surface area contributed by atoms with Crippen LogP contribution >= 0.6 is 0 Å². The fourth-order valence-corrected chi connectivity index (χ4v) is 1.31. The molecule has 5 nitrogen and oxygen atoms in total. The third-order valence-corrected chi connectivity index (χ3v) is 1.93. The van der Waals surface area contributed by atoms with E-state index in [0.29, 0.717) is 23.7 Å². The molecule has 0 aromatic carbocycles. The van der Waals surface area contributed by atoms with Crippen molar-refractivity contribution < 1.29 is 4.74 Å². The standard InChI is InChI=1S/C9H6N4O/c1-2-6-9(14-3-1)13-7-4-10-5-11-8(7)12-6/h1-2,4-5H,3H2. The van der Waals surface area contributed by atoms with Crippen LogP contribution in [0.1, 0.15) is 5.69 Å². The van der Waals surface area contributed by atoms with Gasteiger partial charge in [-0.1, -0.05) is 0 Å². The minimum absolute atomic E-state index is 0.543. The van der Waals surface area contributed by atoms with Crippen LogP contribution in [0.4, 0.5) is 0 Å². The zero-order valence-corrected chi connectivity index (χ0v) is 7.21. The topological polar surface area (TPSA) is 60.8 Å². The lowest BCUT2D eigenvalue weighted by Gasteiger charge is -2.09. The van der Waals surface area contributed by atoms with Gasteiger partial charge in [-0.15, -0.1) is 0 Å². The van der Waals surface area contributed by atoms with Crippen LogP contribution in [0, 0.1) is 0 Å². The molecule has 5 heteroatoms. The number of hydrogen-bond acceptors (Lipinski definition) is 5. The van der Waals surface area contributed by atoms with Gasteiger partial charge in [0.1, 0.15) is 24.1 Å². The summed E-state index contributed by atoms with van der Waals surface area (Å²) in [7, 11) is 0. The second-order valence-electron chi connectivity index (χ2n) is 2.86. The molecule has 0 fully saturated rings. The highest BCUT2D eigenvalue weighted by atomic mass is 16.5. The lowest BCUT2D eigenvalue weighted by Crippen LogP contribution is -2.05. The second kappa shape index (κ2) is 2.73. The molecule has 0 amide bonds. The van der Waals surface area contributed by atoms with Gasteiger partial charge in [0.25, 0.3) is 0 Å². The Morgan fingerprint density at radius 1 is 1.29 bits per heavy atom. The first-order chi connectivity index (χ1) is 6.93. The Morgan fingerprint density at radius 2 is 2.29 bits per heavy atom. The lowest BCUT2D eigenvalue weighted by molar-refractivity contribution is 0.343. The summed E-state index contributed by atoms with van der Waals surface area (Å²) in [5, 5.41) is 0. The molecule has 3 rings (SSSR count). The van der Waals surface area contributed by atoms with E-state index in [0.717, 1.165) is 5.69 Å². The number of aromatic nitrogens is 4. The van der Waals surface area contributed by atoms with Gasteiger partial charge in [0, 0.05) is 0 Å². The van der Waals surface area contributed by atoms with Gasteiger partial charge < -0.3 is 4.74 Å². The molecule has 0 atom stereocenters. The molecule has 0 unspecified atom stereocenters. The first kappa shape index (κ1) is 7.37.